The normalized spacial score (nSPS) is 12.1. The van der Waals surface area contributed by atoms with Crippen LogP contribution in [0.1, 0.15) is 29.7 Å². The lowest BCUT2D eigenvalue weighted by atomic mass is 10.0. The molecule has 0 saturated carbocycles. The van der Waals surface area contributed by atoms with Gasteiger partial charge < -0.3 is 10.4 Å². The lowest BCUT2D eigenvalue weighted by Gasteiger charge is -2.07. The minimum absolute atomic E-state index is 0.0799. The first kappa shape index (κ1) is 17.2. The van der Waals surface area contributed by atoms with Gasteiger partial charge in [-0.3, -0.25) is 9.48 Å². The Labute approximate surface area is 150 Å². The highest BCUT2D eigenvalue weighted by molar-refractivity contribution is 7.16. The van der Waals surface area contributed by atoms with E-state index in [0.29, 0.717) is 6.54 Å². The van der Waals surface area contributed by atoms with Gasteiger partial charge in [-0.15, -0.1) is 11.3 Å². The van der Waals surface area contributed by atoms with E-state index < -0.39 is 5.97 Å². The van der Waals surface area contributed by atoms with Crippen LogP contribution in [0.15, 0.2) is 42.7 Å². The van der Waals surface area contributed by atoms with Crippen molar-refractivity contribution in [1.29, 1.82) is 0 Å². The van der Waals surface area contributed by atoms with Crippen LogP contribution in [0.4, 0.5) is 5.13 Å². The van der Waals surface area contributed by atoms with E-state index in [0.717, 1.165) is 21.3 Å². The number of nitrogens with zero attached hydrogens (tertiary/aromatic N) is 3. The number of carboxylic acid groups (broad SMARTS) is 1. The van der Waals surface area contributed by atoms with Crippen LogP contribution in [0.2, 0.25) is 0 Å². The van der Waals surface area contributed by atoms with Crippen LogP contribution in [0.3, 0.4) is 0 Å². The largest absolute Gasteiger partial charge is 0.481 e. The number of nitrogens with one attached hydrogen (secondary N) is 1. The maximum atomic E-state index is 11.1. The zero-order valence-electron chi connectivity index (χ0n) is 14.1. The fourth-order valence-corrected chi connectivity index (χ4v) is 3.67. The first-order chi connectivity index (χ1) is 12.1. The van der Waals surface area contributed by atoms with Gasteiger partial charge in [0, 0.05) is 29.6 Å². The number of carbonyl (C=O) groups is 1. The molecular formula is C18H20N4O2S. The SMILES string of the molecule is CNc1nc(-c2cnn(Cc3ccccc3)c2)c(C(C)CC(=O)O)s1. The summed E-state index contributed by atoms with van der Waals surface area (Å²) >= 11 is 1.50. The third-order valence-corrected chi connectivity index (χ3v) is 5.19. The molecule has 6 nitrogen and oxygen atoms in total. The fraction of sp³-hybridized carbons (Fsp3) is 0.278. The lowest BCUT2D eigenvalue weighted by Crippen LogP contribution is -2.02. The van der Waals surface area contributed by atoms with Gasteiger partial charge in [-0.1, -0.05) is 37.3 Å². The predicted octanol–water partition coefficient (Wildman–Crippen LogP) is 3.67. The Balaban J connectivity index is 1.88. The van der Waals surface area contributed by atoms with Crippen molar-refractivity contribution in [3.8, 4) is 11.3 Å². The highest BCUT2D eigenvalue weighted by atomic mass is 32.1. The van der Waals surface area contributed by atoms with E-state index in [-0.39, 0.29) is 12.3 Å². The minimum Gasteiger partial charge on any atom is -0.481 e. The molecule has 0 aliphatic carbocycles. The van der Waals surface area contributed by atoms with E-state index in [9.17, 15) is 4.79 Å². The number of thiazole rings is 1. The van der Waals surface area contributed by atoms with E-state index in [1.807, 2.05) is 43.0 Å². The van der Waals surface area contributed by atoms with Crippen LogP contribution in [0, 0.1) is 0 Å². The van der Waals surface area contributed by atoms with E-state index in [2.05, 4.69) is 27.5 Å². The summed E-state index contributed by atoms with van der Waals surface area (Å²) < 4.78 is 1.87. The third-order valence-electron chi connectivity index (χ3n) is 3.89. The second-order valence-electron chi connectivity index (χ2n) is 5.89. The summed E-state index contributed by atoms with van der Waals surface area (Å²) in [7, 11) is 1.81. The summed E-state index contributed by atoms with van der Waals surface area (Å²) in [6.45, 7) is 2.60. The Kier molecular flexibility index (Phi) is 5.14. The molecule has 2 aromatic heterocycles. The topological polar surface area (TPSA) is 80.0 Å². The molecule has 0 aliphatic heterocycles. The molecule has 0 spiro atoms. The summed E-state index contributed by atoms with van der Waals surface area (Å²) in [6.07, 6.45) is 3.82. The first-order valence-corrected chi connectivity index (χ1v) is 8.85. The molecule has 25 heavy (non-hydrogen) atoms. The molecule has 130 valence electrons. The van der Waals surface area contributed by atoms with Gasteiger partial charge in [0.2, 0.25) is 0 Å². The van der Waals surface area contributed by atoms with Crippen molar-refractivity contribution in [1.82, 2.24) is 14.8 Å². The van der Waals surface area contributed by atoms with Gasteiger partial charge in [-0.2, -0.15) is 5.10 Å². The highest BCUT2D eigenvalue weighted by Gasteiger charge is 2.21. The molecule has 2 N–H and O–H groups in total. The van der Waals surface area contributed by atoms with Gasteiger partial charge in [0.1, 0.15) is 0 Å². The van der Waals surface area contributed by atoms with Gasteiger partial charge in [-0.25, -0.2) is 4.98 Å². The molecule has 0 bridgehead atoms. The second kappa shape index (κ2) is 7.48. The summed E-state index contributed by atoms with van der Waals surface area (Å²) in [5, 5.41) is 17.3. The van der Waals surface area contributed by atoms with E-state index >= 15 is 0 Å². The quantitative estimate of drug-likeness (QED) is 0.675. The zero-order valence-corrected chi connectivity index (χ0v) is 15.0. The van der Waals surface area contributed by atoms with Crippen LogP contribution in [-0.4, -0.2) is 32.9 Å². The third kappa shape index (κ3) is 4.06. The average molecular weight is 356 g/mol. The maximum Gasteiger partial charge on any atom is 0.303 e. The molecular weight excluding hydrogens is 336 g/mol. The molecule has 1 atom stereocenters. The molecule has 0 aliphatic rings. The van der Waals surface area contributed by atoms with Crippen molar-refractivity contribution < 1.29 is 9.90 Å². The van der Waals surface area contributed by atoms with Crippen molar-refractivity contribution in [3.05, 3.63) is 53.2 Å². The van der Waals surface area contributed by atoms with Crippen LogP contribution in [0.5, 0.6) is 0 Å². The number of anilines is 1. The number of rotatable bonds is 7. The van der Waals surface area contributed by atoms with Gasteiger partial charge in [-0.05, 0) is 5.56 Å². The monoisotopic (exact) mass is 356 g/mol. The number of hydrogen-bond acceptors (Lipinski definition) is 5. The zero-order chi connectivity index (χ0) is 17.8. The van der Waals surface area contributed by atoms with Crippen molar-refractivity contribution in [2.45, 2.75) is 25.8 Å². The Morgan fingerprint density at radius 1 is 1.36 bits per heavy atom. The highest BCUT2D eigenvalue weighted by Crippen LogP contribution is 2.37. The average Bonchev–Trinajstić information content (AvgIpc) is 3.21. The van der Waals surface area contributed by atoms with E-state index in [1.54, 1.807) is 6.20 Å². The minimum atomic E-state index is -0.808. The Morgan fingerprint density at radius 3 is 2.80 bits per heavy atom. The number of aliphatic carboxylic acids is 1. The van der Waals surface area contributed by atoms with Crippen LogP contribution >= 0.6 is 11.3 Å². The molecule has 3 aromatic rings. The number of aromatic nitrogens is 3. The van der Waals surface area contributed by atoms with Crippen molar-refractivity contribution >= 4 is 22.4 Å². The first-order valence-electron chi connectivity index (χ1n) is 8.04. The van der Waals surface area contributed by atoms with Crippen molar-refractivity contribution in [3.63, 3.8) is 0 Å². The molecule has 1 unspecified atom stereocenters. The fourth-order valence-electron chi connectivity index (χ4n) is 2.68. The summed E-state index contributed by atoms with van der Waals surface area (Å²) in [5.41, 5.74) is 2.88. The summed E-state index contributed by atoms with van der Waals surface area (Å²) in [5.74, 6) is -0.915. The Bertz CT molecular complexity index is 857. The molecule has 1 aromatic carbocycles. The number of carboxylic acids is 1. The lowest BCUT2D eigenvalue weighted by molar-refractivity contribution is -0.137. The van der Waals surface area contributed by atoms with Gasteiger partial charge in [0.25, 0.3) is 0 Å². The molecule has 0 saturated heterocycles. The van der Waals surface area contributed by atoms with Crippen molar-refractivity contribution in [2.24, 2.45) is 0 Å². The molecule has 0 fully saturated rings. The molecule has 2 heterocycles. The molecule has 0 radical (unpaired) electrons. The summed E-state index contributed by atoms with van der Waals surface area (Å²) in [4.78, 5) is 16.6. The molecule has 3 rings (SSSR count). The standard InChI is InChI=1S/C18H20N4O2S/c1-12(8-15(23)24)17-16(21-18(19-2)25-17)14-9-20-22(11-14)10-13-6-4-3-5-7-13/h3-7,9,11-12H,8,10H2,1-2H3,(H,19,21)(H,23,24). The second-order valence-corrected chi connectivity index (χ2v) is 6.92. The van der Waals surface area contributed by atoms with Gasteiger partial charge >= 0.3 is 5.97 Å². The van der Waals surface area contributed by atoms with Gasteiger partial charge in [0.15, 0.2) is 5.13 Å². The molecule has 7 heteroatoms. The van der Waals surface area contributed by atoms with Crippen LogP contribution in [-0.2, 0) is 11.3 Å². The summed E-state index contributed by atoms with van der Waals surface area (Å²) in [6, 6.07) is 10.1. The van der Waals surface area contributed by atoms with E-state index in [1.165, 1.54) is 16.9 Å². The van der Waals surface area contributed by atoms with Crippen LogP contribution in [0.25, 0.3) is 11.3 Å². The van der Waals surface area contributed by atoms with Gasteiger partial charge in [0.05, 0.1) is 24.9 Å². The Hall–Kier alpha value is -2.67. The molecule has 0 amide bonds. The smallest absolute Gasteiger partial charge is 0.303 e. The van der Waals surface area contributed by atoms with E-state index in [4.69, 9.17) is 5.11 Å². The number of benzene rings is 1. The maximum absolute atomic E-state index is 11.1. The Morgan fingerprint density at radius 2 is 2.12 bits per heavy atom. The number of hydrogen-bond donors (Lipinski definition) is 2. The van der Waals surface area contributed by atoms with Crippen LogP contribution < -0.4 is 5.32 Å². The van der Waals surface area contributed by atoms with Crippen molar-refractivity contribution in [2.75, 3.05) is 12.4 Å². The predicted molar refractivity (Wildman–Crippen MR) is 99.1 cm³/mol.